The van der Waals surface area contributed by atoms with Gasteiger partial charge in [-0.25, -0.2) is 0 Å². The average molecular weight is 337 g/mol. The minimum Gasteiger partial charge on any atom is -0.306 e. The quantitative estimate of drug-likeness (QED) is 0.600. The molecule has 4 rings (SSSR count). The molecule has 0 saturated carbocycles. The fourth-order valence-corrected chi connectivity index (χ4v) is 2.92. The number of aromatic amines is 1. The standard InChI is InChI=1S/C16H11N5O2S/c22-13-9-12(17-15(23)10-5-2-1-3-6-10)21-16(18-13)19-14(20-21)11-7-4-8-24-11/h1-9H,(H,17,23)(H,18,19,20,22). The third-order valence-corrected chi connectivity index (χ3v) is 4.22. The molecular formula is C16H11N5O2S. The lowest BCUT2D eigenvalue weighted by Crippen LogP contribution is -2.18. The molecule has 24 heavy (non-hydrogen) atoms. The van der Waals surface area contributed by atoms with Crippen molar-refractivity contribution in [3.8, 4) is 10.7 Å². The maximum Gasteiger partial charge on any atom is 0.256 e. The van der Waals surface area contributed by atoms with Gasteiger partial charge >= 0.3 is 0 Å². The summed E-state index contributed by atoms with van der Waals surface area (Å²) in [7, 11) is 0. The lowest BCUT2D eigenvalue weighted by molar-refractivity contribution is 0.102. The van der Waals surface area contributed by atoms with Gasteiger partial charge in [0.05, 0.1) is 4.88 Å². The summed E-state index contributed by atoms with van der Waals surface area (Å²) in [5, 5.41) is 9.00. The number of fused-ring (bicyclic) bond motifs is 1. The first-order valence-corrected chi connectivity index (χ1v) is 7.99. The second kappa shape index (κ2) is 5.74. The number of nitrogens with one attached hydrogen (secondary N) is 2. The van der Waals surface area contributed by atoms with E-state index in [4.69, 9.17) is 0 Å². The number of carbonyl (C=O) groups excluding carboxylic acids is 1. The van der Waals surface area contributed by atoms with E-state index in [0.717, 1.165) is 4.88 Å². The number of amides is 1. The normalized spacial score (nSPS) is 10.8. The maximum absolute atomic E-state index is 12.3. The van der Waals surface area contributed by atoms with E-state index < -0.39 is 0 Å². The van der Waals surface area contributed by atoms with Gasteiger partial charge in [0.15, 0.2) is 5.82 Å². The van der Waals surface area contributed by atoms with Crippen LogP contribution in [0.5, 0.6) is 0 Å². The van der Waals surface area contributed by atoms with Gasteiger partial charge in [0, 0.05) is 11.6 Å². The summed E-state index contributed by atoms with van der Waals surface area (Å²) in [6, 6.07) is 13.8. The first-order chi connectivity index (χ1) is 11.7. The van der Waals surface area contributed by atoms with Gasteiger partial charge in [-0.15, -0.1) is 16.4 Å². The third kappa shape index (κ3) is 2.59. The Kier molecular flexibility index (Phi) is 3.43. The monoisotopic (exact) mass is 337 g/mol. The molecule has 2 N–H and O–H groups in total. The van der Waals surface area contributed by atoms with Gasteiger partial charge in [-0.3, -0.25) is 14.6 Å². The van der Waals surface area contributed by atoms with Crippen molar-refractivity contribution >= 4 is 28.8 Å². The summed E-state index contributed by atoms with van der Waals surface area (Å²) in [5.74, 6) is 0.699. The summed E-state index contributed by atoms with van der Waals surface area (Å²) in [4.78, 5) is 32.0. The van der Waals surface area contributed by atoms with Gasteiger partial charge in [0.1, 0.15) is 5.82 Å². The van der Waals surface area contributed by atoms with E-state index in [2.05, 4.69) is 20.4 Å². The van der Waals surface area contributed by atoms with E-state index in [0.29, 0.717) is 11.4 Å². The minimum atomic E-state index is -0.365. The van der Waals surface area contributed by atoms with Gasteiger partial charge in [-0.1, -0.05) is 24.3 Å². The Balaban J connectivity index is 1.77. The van der Waals surface area contributed by atoms with Crippen LogP contribution in [0.15, 0.2) is 58.7 Å². The summed E-state index contributed by atoms with van der Waals surface area (Å²) in [6.07, 6.45) is 0. The summed E-state index contributed by atoms with van der Waals surface area (Å²) in [6.45, 7) is 0. The summed E-state index contributed by atoms with van der Waals surface area (Å²) >= 11 is 1.49. The molecule has 7 nitrogen and oxygen atoms in total. The van der Waals surface area contributed by atoms with E-state index in [-0.39, 0.29) is 23.1 Å². The Morgan fingerprint density at radius 2 is 2.00 bits per heavy atom. The molecule has 0 saturated heterocycles. The van der Waals surface area contributed by atoms with Crippen molar-refractivity contribution in [3.05, 3.63) is 69.8 Å². The van der Waals surface area contributed by atoms with Gasteiger partial charge in [-0.2, -0.15) is 9.50 Å². The van der Waals surface area contributed by atoms with Crippen LogP contribution >= 0.6 is 11.3 Å². The highest BCUT2D eigenvalue weighted by Crippen LogP contribution is 2.22. The number of nitrogens with zero attached hydrogens (tertiary/aromatic N) is 3. The molecule has 118 valence electrons. The van der Waals surface area contributed by atoms with Gasteiger partial charge in [0.25, 0.3) is 11.5 Å². The molecule has 0 bridgehead atoms. The third-order valence-electron chi connectivity index (χ3n) is 3.36. The van der Waals surface area contributed by atoms with Crippen molar-refractivity contribution < 1.29 is 4.79 Å². The molecule has 0 radical (unpaired) electrons. The smallest absolute Gasteiger partial charge is 0.256 e. The Hall–Kier alpha value is -3.26. The number of anilines is 1. The fraction of sp³-hybridized carbons (Fsp3) is 0. The molecule has 8 heteroatoms. The SMILES string of the molecule is O=C(Nc1cc(=O)[nH]c2nc(-c3cccs3)nn12)c1ccccc1. The zero-order valence-corrected chi connectivity index (χ0v) is 13.1. The topological polar surface area (TPSA) is 92.1 Å². The Morgan fingerprint density at radius 1 is 1.17 bits per heavy atom. The largest absolute Gasteiger partial charge is 0.306 e. The molecule has 0 aliphatic heterocycles. The highest BCUT2D eigenvalue weighted by molar-refractivity contribution is 7.13. The Bertz CT molecular complexity index is 1070. The predicted molar refractivity (Wildman–Crippen MR) is 91.3 cm³/mol. The first kappa shape index (κ1) is 14.3. The van der Waals surface area contributed by atoms with Crippen LogP contribution in [0.4, 0.5) is 5.82 Å². The van der Waals surface area contributed by atoms with E-state index in [1.165, 1.54) is 21.9 Å². The van der Waals surface area contributed by atoms with Gasteiger partial charge in [0.2, 0.25) is 5.78 Å². The highest BCUT2D eigenvalue weighted by Gasteiger charge is 2.14. The molecular weight excluding hydrogens is 326 g/mol. The molecule has 3 aromatic heterocycles. The molecule has 0 atom stereocenters. The average Bonchev–Trinajstić information content (AvgIpc) is 3.24. The van der Waals surface area contributed by atoms with Crippen LogP contribution in [-0.4, -0.2) is 25.5 Å². The van der Waals surface area contributed by atoms with E-state index in [1.807, 2.05) is 23.6 Å². The maximum atomic E-state index is 12.3. The molecule has 1 aromatic carbocycles. The van der Waals surface area contributed by atoms with Crippen LogP contribution in [0.25, 0.3) is 16.5 Å². The number of thiophene rings is 1. The number of hydrogen-bond donors (Lipinski definition) is 2. The molecule has 0 fully saturated rings. The van der Waals surface area contributed by atoms with Gasteiger partial charge in [-0.05, 0) is 23.6 Å². The highest BCUT2D eigenvalue weighted by atomic mass is 32.1. The number of H-pyrrole nitrogens is 1. The van der Waals surface area contributed by atoms with Crippen LogP contribution in [0.2, 0.25) is 0 Å². The van der Waals surface area contributed by atoms with Crippen molar-refractivity contribution in [2.45, 2.75) is 0 Å². The zero-order chi connectivity index (χ0) is 16.5. The van der Waals surface area contributed by atoms with Crippen LogP contribution in [0, 0.1) is 0 Å². The van der Waals surface area contributed by atoms with Crippen molar-refractivity contribution in [1.29, 1.82) is 0 Å². The minimum absolute atomic E-state index is 0.262. The van der Waals surface area contributed by atoms with Crippen LogP contribution in [0.1, 0.15) is 10.4 Å². The van der Waals surface area contributed by atoms with Crippen LogP contribution in [0.3, 0.4) is 0 Å². The van der Waals surface area contributed by atoms with Crippen molar-refractivity contribution in [2.24, 2.45) is 0 Å². The predicted octanol–water partition coefficient (Wildman–Crippen LogP) is 2.40. The lowest BCUT2D eigenvalue weighted by Gasteiger charge is -2.06. The first-order valence-electron chi connectivity index (χ1n) is 7.11. The van der Waals surface area contributed by atoms with Crippen molar-refractivity contribution in [2.75, 3.05) is 5.32 Å². The summed E-state index contributed by atoms with van der Waals surface area (Å²) in [5.41, 5.74) is 0.125. The zero-order valence-electron chi connectivity index (χ0n) is 12.3. The molecule has 0 aliphatic carbocycles. The van der Waals surface area contributed by atoms with E-state index in [9.17, 15) is 9.59 Å². The number of rotatable bonds is 3. The molecule has 4 aromatic rings. The fourth-order valence-electron chi connectivity index (χ4n) is 2.27. The Labute approximate surface area is 139 Å². The molecule has 3 heterocycles. The molecule has 0 unspecified atom stereocenters. The van der Waals surface area contributed by atoms with E-state index in [1.54, 1.807) is 24.3 Å². The number of hydrogen-bond acceptors (Lipinski definition) is 5. The van der Waals surface area contributed by atoms with Crippen molar-refractivity contribution in [1.82, 2.24) is 19.6 Å². The summed E-state index contributed by atoms with van der Waals surface area (Å²) < 4.78 is 1.41. The second-order valence-electron chi connectivity index (χ2n) is 4.99. The van der Waals surface area contributed by atoms with Gasteiger partial charge < -0.3 is 5.32 Å². The molecule has 1 amide bonds. The lowest BCUT2D eigenvalue weighted by atomic mass is 10.2. The second-order valence-corrected chi connectivity index (χ2v) is 5.93. The van der Waals surface area contributed by atoms with Crippen molar-refractivity contribution in [3.63, 3.8) is 0 Å². The Morgan fingerprint density at radius 3 is 2.75 bits per heavy atom. The van der Waals surface area contributed by atoms with Crippen LogP contribution in [-0.2, 0) is 0 Å². The molecule has 0 aliphatic rings. The number of benzene rings is 1. The van der Waals surface area contributed by atoms with E-state index >= 15 is 0 Å². The number of aromatic nitrogens is 4. The molecule has 0 spiro atoms. The van der Waals surface area contributed by atoms with Crippen LogP contribution < -0.4 is 10.9 Å². The number of carbonyl (C=O) groups is 1.